The van der Waals surface area contributed by atoms with Crippen molar-refractivity contribution in [1.29, 1.82) is 0 Å². The van der Waals surface area contributed by atoms with E-state index >= 15 is 4.39 Å². The molecule has 0 bridgehead atoms. The number of fused-ring (bicyclic) bond motifs is 1. The number of hydrogen-bond acceptors (Lipinski definition) is 8. The highest BCUT2D eigenvalue weighted by Gasteiger charge is 2.16. The highest BCUT2D eigenvalue weighted by atomic mass is 19.1. The monoisotopic (exact) mass is 588 g/mol. The lowest BCUT2D eigenvalue weighted by atomic mass is 10.0. The third kappa shape index (κ3) is 6.77. The standard InChI is InChI=1S/C31H26F2N4O6/c32-19-3-1-18(2-4-19)22-16-34-17-23(30(22)40)31(41)36-20-5-6-26(24(33)13-20)37-25-7-8-35-27-15-29(28(39)14-21(25)27)43-12-11-42-10-9-38/h1-8,13-17,38-39H,9-12H2,(H,34,40)(H,35,37)(H,36,41). The van der Waals surface area contributed by atoms with Crippen LogP contribution in [-0.2, 0) is 4.74 Å². The molecule has 0 atom stereocenters. The minimum atomic E-state index is -0.751. The maximum atomic E-state index is 15.1. The summed E-state index contributed by atoms with van der Waals surface area (Å²) in [6.07, 6.45) is 4.17. The van der Waals surface area contributed by atoms with Crippen LogP contribution in [0.25, 0.3) is 22.0 Å². The van der Waals surface area contributed by atoms with E-state index in [1.54, 1.807) is 12.1 Å². The second-order valence-electron chi connectivity index (χ2n) is 9.27. The first kappa shape index (κ1) is 29.2. The van der Waals surface area contributed by atoms with Crippen molar-refractivity contribution < 1.29 is 33.3 Å². The number of hydrogen-bond donors (Lipinski definition) is 5. The first-order valence-corrected chi connectivity index (χ1v) is 13.1. The summed E-state index contributed by atoms with van der Waals surface area (Å²) in [6.45, 7) is 0.454. The average Bonchev–Trinajstić information content (AvgIpc) is 2.99. The second-order valence-corrected chi connectivity index (χ2v) is 9.27. The molecule has 0 spiro atoms. The summed E-state index contributed by atoms with van der Waals surface area (Å²) in [4.78, 5) is 32.9. The van der Waals surface area contributed by atoms with Gasteiger partial charge in [0.15, 0.2) is 11.5 Å². The number of aliphatic hydroxyl groups is 1. The van der Waals surface area contributed by atoms with Gasteiger partial charge in [-0.05, 0) is 48.0 Å². The molecule has 0 aliphatic rings. The van der Waals surface area contributed by atoms with Gasteiger partial charge in [0.1, 0.15) is 23.8 Å². The van der Waals surface area contributed by atoms with Gasteiger partial charge in [0.05, 0.1) is 31.0 Å². The Morgan fingerprint density at radius 3 is 2.53 bits per heavy atom. The Bertz CT molecular complexity index is 1830. The van der Waals surface area contributed by atoms with Crippen LogP contribution in [0.3, 0.4) is 0 Å². The predicted octanol–water partition coefficient (Wildman–Crippen LogP) is 4.96. The first-order valence-electron chi connectivity index (χ1n) is 13.1. The van der Waals surface area contributed by atoms with E-state index in [9.17, 15) is 19.1 Å². The molecule has 0 aliphatic heterocycles. The Kier molecular flexibility index (Phi) is 8.89. The van der Waals surface area contributed by atoms with Gasteiger partial charge in [-0.3, -0.25) is 14.6 Å². The van der Waals surface area contributed by atoms with Gasteiger partial charge in [-0.15, -0.1) is 0 Å². The smallest absolute Gasteiger partial charge is 0.261 e. The van der Waals surface area contributed by atoms with Gasteiger partial charge in [-0.2, -0.15) is 0 Å². The summed E-state index contributed by atoms with van der Waals surface area (Å²) in [5.74, 6) is -1.86. The molecule has 0 fully saturated rings. The molecular formula is C31H26F2N4O6. The van der Waals surface area contributed by atoms with Gasteiger partial charge >= 0.3 is 0 Å². The van der Waals surface area contributed by atoms with E-state index in [2.05, 4.69) is 20.6 Å². The third-order valence-electron chi connectivity index (χ3n) is 6.38. The van der Waals surface area contributed by atoms with Crippen LogP contribution in [0.2, 0.25) is 0 Å². The normalized spacial score (nSPS) is 11.0. The molecule has 5 N–H and O–H groups in total. The van der Waals surface area contributed by atoms with Gasteiger partial charge in [-0.1, -0.05) is 12.1 Å². The number of halogens is 2. The quantitative estimate of drug-likeness (QED) is 0.136. The van der Waals surface area contributed by atoms with Crippen molar-refractivity contribution in [3.05, 3.63) is 107 Å². The number of carbonyl (C=O) groups excluding carboxylic acids is 1. The summed E-state index contributed by atoms with van der Waals surface area (Å²) in [5.41, 5.74) is 0.975. The number of aliphatic hydroxyl groups excluding tert-OH is 1. The number of nitrogens with zero attached hydrogens (tertiary/aromatic N) is 1. The first-order chi connectivity index (χ1) is 20.8. The minimum Gasteiger partial charge on any atom is -0.504 e. The lowest BCUT2D eigenvalue weighted by molar-refractivity contribution is 0.0699. The molecule has 0 aliphatic carbocycles. The van der Waals surface area contributed by atoms with E-state index in [1.165, 1.54) is 61.1 Å². The highest BCUT2D eigenvalue weighted by molar-refractivity contribution is 6.04. The van der Waals surface area contributed by atoms with Crippen LogP contribution in [-0.4, -0.2) is 52.5 Å². The fourth-order valence-electron chi connectivity index (χ4n) is 4.30. The van der Waals surface area contributed by atoms with E-state index in [4.69, 9.17) is 14.6 Å². The highest BCUT2D eigenvalue weighted by Crippen LogP contribution is 2.35. The number of phenols is 1. The Morgan fingerprint density at radius 1 is 0.953 bits per heavy atom. The number of aromatic hydroxyl groups is 1. The summed E-state index contributed by atoms with van der Waals surface area (Å²) >= 11 is 0. The van der Waals surface area contributed by atoms with Crippen molar-refractivity contribution in [3.8, 4) is 22.6 Å². The number of pyridine rings is 2. The molecule has 0 saturated carbocycles. The molecule has 12 heteroatoms. The second kappa shape index (κ2) is 13.1. The number of aromatic amines is 1. The Balaban J connectivity index is 1.31. The Hall–Kier alpha value is -5.33. The summed E-state index contributed by atoms with van der Waals surface area (Å²) in [6, 6.07) is 13.9. The molecular weight excluding hydrogens is 562 g/mol. The molecule has 3 aromatic carbocycles. The molecule has 2 aromatic heterocycles. The third-order valence-corrected chi connectivity index (χ3v) is 6.38. The van der Waals surface area contributed by atoms with Crippen molar-refractivity contribution in [2.75, 3.05) is 37.1 Å². The fourth-order valence-corrected chi connectivity index (χ4v) is 4.30. The van der Waals surface area contributed by atoms with E-state index in [0.29, 0.717) is 22.2 Å². The van der Waals surface area contributed by atoms with E-state index < -0.39 is 23.0 Å². The number of nitrogens with one attached hydrogen (secondary N) is 3. The van der Waals surface area contributed by atoms with E-state index in [0.717, 1.165) is 6.07 Å². The van der Waals surface area contributed by atoms with Gasteiger partial charge in [0, 0.05) is 47.0 Å². The number of anilines is 3. The Labute approximate surface area is 243 Å². The van der Waals surface area contributed by atoms with Crippen LogP contribution < -0.4 is 20.8 Å². The van der Waals surface area contributed by atoms with Crippen molar-refractivity contribution in [2.24, 2.45) is 0 Å². The average molecular weight is 589 g/mol. The van der Waals surface area contributed by atoms with E-state index in [-0.39, 0.29) is 60.4 Å². The van der Waals surface area contributed by atoms with Crippen LogP contribution in [0.4, 0.5) is 25.8 Å². The van der Waals surface area contributed by atoms with Crippen molar-refractivity contribution >= 4 is 33.9 Å². The number of amides is 1. The maximum absolute atomic E-state index is 15.1. The molecule has 5 aromatic rings. The zero-order valence-corrected chi connectivity index (χ0v) is 22.6. The summed E-state index contributed by atoms with van der Waals surface area (Å²) in [7, 11) is 0. The van der Waals surface area contributed by atoms with Gasteiger partial charge in [0.25, 0.3) is 5.91 Å². The summed E-state index contributed by atoms with van der Waals surface area (Å²) < 4.78 is 39.1. The van der Waals surface area contributed by atoms with Crippen LogP contribution in [0.1, 0.15) is 10.4 Å². The summed E-state index contributed by atoms with van der Waals surface area (Å²) in [5, 5.41) is 25.2. The van der Waals surface area contributed by atoms with Gasteiger partial charge in [0.2, 0.25) is 5.43 Å². The van der Waals surface area contributed by atoms with Crippen molar-refractivity contribution in [3.63, 3.8) is 0 Å². The Morgan fingerprint density at radius 2 is 1.77 bits per heavy atom. The number of H-pyrrole nitrogens is 1. The lowest BCUT2D eigenvalue weighted by Gasteiger charge is -2.14. The zero-order chi connectivity index (χ0) is 30.3. The SMILES string of the molecule is O=C(Nc1ccc(Nc2ccnc3cc(OCCOCCO)c(O)cc23)c(F)c1)c1c[nH]cc(-c2ccc(F)cc2)c1=O. The molecule has 10 nitrogen and oxygen atoms in total. The molecule has 0 radical (unpaired) electrons. The molecule has 0 saturated heterocycles. The van der Waals surface area contributed by atoms with Crippen LogP contribution in [0.5, 0.6) is 11.5 Å². The maximum Gasteiger partial charge on any atom is 0.261 e. The molecule has 2 heterocycles. The number of aromatic nitrogens is 2. The van der Waals surface area contributed by atoms with Crippen molar-refractivity contribution in [1.82, 2.24) is 9.97 Å². The molecule has 5 rings (SSSR count). The number of carbonyl (C=O) groups is 1. The van der Waals surface area contributed by atoms with E-state index in [1.807, 2.05) is 0 Å². The molecule has 220 valence electrons. The minimum absolute atomic E-state index is 0.0856. The molecule has 0 unspecified atom stereocenters. The predicted molar refractivity (Wildman–Crippen MR) is 157 cm³/mol. The zero-order valence-electron chi connectivity index (χ0n) is 22.6. The van der Waals surface area contributed by atoms with Gasteiger partial charge < -0.3 is 35.3 Å². The topological polar surface area (TPSA) is 146 Å². The van der Waals surface area contributed by atoms with Crippen LogP contribution in [0, 0.1) is 11.6 Å². The van der Waals surface area contributed by atoms with Crippen LogP contribution >= 0.6 is 0 Å². The lowest BCUT2D eigenvalue weighted by Crippen LogP contribution is -2.22. The number of phenolic OH excluding ortho intramolecular Hbond substituents is 1. The van der Waals surface area contributed by atoms with Crippen molar-refractivity contribution in [2.45, 2.75) is 0 Å². The largest absolute Gasteiger partial charge is 0.504 e. The number of rotatable bonds is 11. The van der Waals surface area contributed by atoms with Crippen LogP contribution in [0.15, 0.2) is 84.0 Å². The van der Waals surface area contributed by atoms with Gasteiger partial charge in [-0.25, -0.2) is 8.78 Å². The molecule has 43 heavy (non-hydrogen) atoms. The number of benzene rings is 3. The molecule has 1 amide bonds. The fraction of sp³-hybridized carbons (Fsp3) is 0.129. The number of ether oxygens (including phenoxy) is 2.